The number of benzene rings is 18. The maximum atomic E-state index is 9.50. The van der Waals surface area contributed by atoms with Crippen LogP contribution < -0.4 is 0 Å². The molecule has 6 nitrogen and oxygen atoms in total. The van der Waals surface area contributed by atoms with Crippen LogP contribution in [0.2, 0.25) is 0 Å². The van der Waals surface area contributed by atoms with Crippen molar-refractivity contribution in [2.75, 3.05) is 0 Å². The molecule has 0 atom stereocenters. The highest BCUT2D eigenvalue weighted by atomic mass is 15.0. The third kappa shape index (κ3) is 10.9. The van der Waals surface area contributed by atoms with E-state index in [1.807, 2.05) is 97.1 Å². The summed E-state index contributed by atoms with van der Waals surface area (Å²) in [6.07, 6.45) is 0. The van der Waals surface area contributed by atoms with Crippen molar-refractivity contribution in [3.63, 3.8) is 0 Å². The maximum Gasteiger partial charge on any atom is 0.0651 e. The second kappa shape index (κ2) is 27.4. The highest BCUT2D eigenvalue weighted by Crippen LogP contribution is 2.42. The highest BCUT2D eigenvalue weighted by Gasteiger charge is 2.20. The maximum absolute atomic E-state index is 9.50. The molecule has 24 rings (SSSR count). The number of fused-ring (bicyclic) bond motifs is 18. The van der Waals surface area contributed by atoms with Gasteiger partial charge in [-0.3, -0.25) is 0 Å². The van der Waals surface area contributed by atoms with E-state index in [9.17, 15) is 5.48 Å². The van der Waals surface area contributed by atoms with Gasteiger partial charge < -0.3 is 27.4 Å². The van der Waals surface area contributed by atoms with Gasteiger partial charge >= 0.3 is 0 Å². The first-order valence-corrected chi connectivity index (χ1v) is 36.2. The molecule has 0 aliphatic carbocycles. The van der Waals surface area contributed by atoms with Crippen molar-refractivity contribution in [1.82, 2.24) is 27.4 Å². The van der Waals surface area contributed by atoms with Crippen LogP contribution in [-0.4, -0.2) is 27.4 Å². The minimum atomic E-state index is -0.587. The lowest BCUT2D eigenvalue weighted by atomic mass is 10.0. The van der Waals surface area contributed by atoms with Crippen molar-refractivity contribution in [3.8, 4) is 67.5 Å². The Kier molecular flexibility index (Phi) is 9.35. The molecule has 0 aliphatic rings. The van der Waals surface area contributed by atoms with Gasteiger partial charge in [0.05, 0.1) is 116 Å². The fourth-order valence-electron chi connectivity index (χ4n) is 15.7. The van der Waals surface area contributed by atoms with Gasteiger partial charge in [0.15, 0.2) is 0 Å². The zero-order chi connectivity index (χ0) is 106. The molecule has 6 heterocycles. The molecule has 0 N–H and O–H groups in total. The molecule has 114 heavy (non-hydrogen) atoms. The summed E-state index contributed by atoms with van der Waals surface area (Å²) in [5, 5.41) is 5.66. The Labute approximate surface area is 708 Å². The topological polar surface area (TPSA) is 29.6 Å². The standard InChI is InChI=1S/3C36H24N2/c3*1-5-19-33-29(15-1)30-16-2-6-20-34(30)37(33)27-13-9-11-25(23-27)26-12-10-14-28(24-26)38-35-21-7-3-17-31(35)32-18-4-8-22-36(32)38/h3*1-24H/i1D,2D,3D,4D,5D,6D,7D,8D,15D,16D,17D,18D,19D,20D,21D,22D;1D,2D,3D,4D,9D,10D,11D,12D,13D,14D,23D,24D;9D,10D,11D,12D,13D,14D,23D,24D. The molecule has 0 saturated heterocycles. The monoisotopic (exact) mass is 1490 g/mol. The third-order valence-electron chi connectivity index (χ3n) is 20.5. The van der Waals surface area contributed by atoms with Crippen molar-refractivity contribution >= 4 is 131 Å². The van der Waals surface area contributed by atoms with Gasteiger partial charge in [0.2, 0.25) is 0 Å². The molecule has 0 spiro atoms. The average molecular weight is 1490 g/mol. The summed E-state index contributed by atoms with van der Waals surface area (Å²) in [6.45, 7) is 0. The van der Waals surface area contributed by atoms with Gasteiger partial charge in [-0.05, 0) is 179 Å². The minimum absolute atomic E-state index is 0.0394. The second-order valence-electron chi connectivity index (χ2n) is 26.7. The fraction of sp³-hybridized carbons (Fsp3) is 0. The zero-order valence-corrected chi connectivity index (χ0v) is 59.5. The zero-order valence-electron chi connectivity index (χ0n) is 95.5. The van der Waals surface area contributed by atoms with Gasteiger partial charge in [-0.1, -0.05) is 291 Å². The van der Waals surface area contributed by atoms with Crippen molar-refractivity contribution in [2.45, 2.75) is 0 Å². The van der Waals surface area contributed by atoms with Gasteiger partial charge in [0.25, 0.3) is 0 Å². The molecule has 534 valence electrons. The molecule has 0 fully saturated rings. The van der Waals surface area contributed by atoms with Crippen LogP contribution in [0.1, 0.15) is 49.3 Å². The smallest absolute Gasteiger partial charge is 0.0651 e. The largest absolute Gasteiger partial charge is 0.309 e. The minimum Gasteiger partial charge on any atom is -0.309 e. The average Bonchev–Trinajstić information content (AvgIpc) is 1.52. The molecule has 0 bridgehead atoms. The summed E-state index contributed by atoms with van der Waals surface area (Å²) >= 11 is 0. The number of nitrogens with zero attached hydrogens (tertiary/aromatic N) is 6. The first-order chi connectivity index (χ1) is 71.5. The quantitative estimate of drug-likeness (QED) is 0.138. The van der Waals surface area contributed by atoms with Crippen LogP contribution in [-0.2, 0) is 0 Å². The highest BCUT2D eigenvalue weighted by molar-refractivity contribution is 6.14. The fourth-order valence-corrected chi connectivity index (χ4v) is 15.7. The molecule has 0 saturated carbocycles. The molecule has 0 amide bonds. The Morgan fingerprint density at radius 2 is 0.368 bits per heavy atom. The van der Waals surface area contributed by atoms with Crippen LogP contribution in [0, 0.1) is 0 Å². The Morgan fingerprint density at radius 1 is 0.140 bits per heavy atom. The molecule has 24 aromatic rings. The van der Waals surface area contributed by atoms with Gasteiger partial charge in [0, 0.05) is 98.8 Å². The predicted molar refractivity (Wildman–Crippen MR) is 482 cm³/mol. The molecule has 18 aromatic carbocycles. The van der Waals surface area contributed by atoms with Crippen LogP contribution in [0.4, 0.5) is 0 Å². The summed E-state index contributed by atoms with van der Waals surface area (Å²) in [5.41, 5.74) is 5.17. The van der Waals surface area contributed by atoms with E-state index in [1.165, 1.54) is 9.13 Å². The van der Waals surface area contributed by atoms with E-state index in [-0.39, 0.29) is 137 Å². The number of hydrogen-bond acceptors (Lipinski definition) is 0. The Hall–Kier alpha value is -15.2. The predicted octanol–water partition coefficient (Wildman–Crippen LogP) is 28.6. The van der Waals surface area contributed by atoms with Crippen LogP contribution >= 0.6 is 0 Å². The van der Waals surface area contributed by atoms with Crippen molar-refractivity contribution in [2.24, 2.45) is 0 Å². The third-order valence-corrected chi connectivity index (χ3v) is 20.5. The van der Waals surface area contributed by atoms with E-state index in [4.69, 9.17) is 43.9 Å². The summed E-state index contributed by atoms with van der Waals surface area (Å²) < 4.78 is 325. The van der Waals surface area contributed by atoms with E-state index in [2.05, 4.69) is 0 Å². The molecular formula is C108H72N6. The van der Waals surface area contributed by atoms with Gasteiger partial charge in [-0.25, -0.2) is 0 Å². The van der Waals surface area contributed by atoms with E-state index in [0.717, 1.165) is 21.5 Å². The van der Waals surface area contributed by atoms with E-state index < -0.39 is 169 Å². The van der Waals surface area contributed by atoms with Crippen LogP contribution in [0.15, 0.2) is 436 Å². The van der Waals surface area contributed by atoms with Crippen LogP contribution in [0.3, 0.4) is 0 Å². The normalized spacial score (nSPS) is 16.1. The summed E-state index contributed by atoms with van der Waals surface area (Å²) in [5.74, 6) is 0. The summed E-state index contributed by atoms with van der Waals surface area (Å²) in [6, 6.07) is 48.6. The van der Waals surface area contributed by atoms with Crippen molar-refractivity contribution in [1.29, 1.82) is 0 Å². The van der Waals surface area contributed by atoms with E-state index in [1.54, 1.807) is 140 Å². The molecule has 6 aromatic heterocycles. The lowest BCUT2D eigenvalue weighted by Crippen LogP contribution is -1.95. The van der Waals surface area contributed by atoms with Crippen molar-refractivity contribution < 1.29 is 49.3 Å². The first-order valence-electron chi connectivity index (χ1n) is 54.2. The molecule has 0 unspecified atom stereocenters. The number of para-hydroxylation sites is 12. The first kappa shape index (κ1) is 38.9. The van der Waals surface area contributed by atoms with Crippen molar-refractivity contribution in [3.05, 3.63) is 436 Å². The van der Waals surface area contributed by atoms with Gasteiger partial charge in [0.1, 0.15) is 0 Å². The van der Waals surface area contributed by atoms with Gasteiger partial charge in [-0.2, -0.15) is 0 Å². The number of aromatic nitrogens is 6. The molecular weight excluding hydrogens is 1380 g/mol. The second-order valence-corrected chi connectivity index (χ2v) is 26.7. The Balaban J connectivity index is 0.000000128. The van der Waals surface area contributed by atoms with Crippen LogP contribution in [0.5, 0.6) is 0 Å². The molecule has 6 heteroatoms. The summed E-state index contributed by atoms with van der Waals surface area (Å²) in [7, 11) is 0. The number of rotatable bonds is 9. The molecule has 0 radical (unpaired) electrons. The Morgan fingerprint density at radius 3 is 0.640 bits per heavy atom. The van der Waals surface area contributed by atoms with Crippen LogP contribution in [0.25, 0.3) is 198 Å². The summed E-state index contributed by atoms with van der Waals surface area (Å²) in [4.78, 5) is 0. The van der Waals surface area contributed by atoms with Gasteiger partial charge in [-0.15, -0.1) is 0 Å². The molecule has 0 aliphatic heterocycles. The lowest BCUT2D eigenvalue weighted by Gasteiger charge is -2.12. The lowest BCUT2D eigenvalue weighted by molar-refractivity contribution is 1.17. The number of hydrogen-bond donors (Lipinski definition) is 0. The Bertz CT molecular complexity index is 9260. The van der Waals surface area contributed by atoms with E-state index in [0.29, 0.717) is 88.2 Å². The SMILES string of the molecule is [2H]c1c([2H])c(-c2c([2H])c([2H])c([2H])c(-n3c4ccccc4c4ccccc43)c2[2H])c([2H])c(-n2c3ccccc3c3ccccc32)c1[2H].[2H]c1c([2H])c([2H])c2c(c1[2H])c1c([2H])c([2H])c([2H])c([2H])c1n2-c1cccc(-c2cccc(-n3c4c([2H])c([2H])c([2H])c([2H])c4c4c([2H])c([2H])c([2H])c([2H])c43)c2)c1.[2H]c1ccc2c(c1)c1cc([2H])ccc1n2-c1c([2H])c([2H])c([2H])c(-c2c([2H])c([2H])c([2H])c(-n3c4ccc([2H])cc4c4cc([2H])ccc43)c2[2H])c1[2H]. The van der Waals surface area contributed by atoms with E-state index >= 15 is 0 Å².